The second-order valence-electron chi connectivity index (χ2n) is 6.77. The fraction of sp³-hybridized carbons (Fsp3) is 0.136. The monoisotopic (exact) mass is 480 g/mol. The molecule has 0 fully saturated rings. The van der Waals surface area contributed by atoms with Gasteiger partial charge in [-0.25, -0.2) is 12.8 Å². The summed E-state index contributed by atoms with van der Waals surface area (Å²) in [5, 5.41) is 3.56. The van der Waals surface area contributed by atoms with Crippen molar-refractivity contribution in [2.75, 3.05) is 0 Å². The Morgan fingerprint density at radius 3 is 2.29 bits per heavy atom. The number of sulfonamides is 1. The first kappa shape index (κ1) is 23.2. The lowest BCUT2D eigenvalue weighted by Gasteiger charge is -2.19. The summed E-state index contributed by atoms with van der Waals surface area (Å²) in [5.74, 6) is -1.09. The molecule has 0 radical (unpaired) electrons. The molecule has 0 aliphatic rings. The molecule has 0 saturated carbocycles. The van der Waals surface area contributed by atoms with Crippen LogP contribution in [0.4, 0.5) is 4.39 Å². The summed E-state index contributed by atoms with van der Waals surface area (Å²) in [4.78, 5) is 12.8. The minimum absolute atomic E-state index is 0.0956. The molecule has 31 heavy (non-hydrogen) atoms. The van der Waals surface area contributed by atoms with Gasteiger partial charge in [-0.15, -0.1) is 0 Å². The summed E-state index contributed by atoms with van der Waals surface area (Å²) in [7, 11) is -4.06. The maximum absolute atomic E-state index is 13.2. The number of nitrogens with one attached hydrogen (secondary N) is 2. The van der Waals surface area contributed by atoms with Crippen LogP contribution in [0, 0.1) is 5.82 Å². The second-order valence-corrected chi connectivity index (χ2v) is 9.33. The molecule has 0 spiro atoms. The van der Waals surface area contributed by atoms with Gasteiger partial charge in [0.1, 0.15) is 11.9 Å². The summed E-state index contributed by atoms with van der Waals surface area (Å²) in [6.45, 7) is 0.0956. The van der Waals surface area contributed by atoms with Crippen LogP contribution in [-0.2, 0) is 27.8 Å². The van der Waals surface area contributed by atoms with Gasteiger partial charge in [-0.05, 0) is 53.9 Å². The Morgan fingerprint density at radius 2 is 1.65 bits per heavy atom. The lowest BCUT2D eigenvalue weighted by molar-refractivity contribution is -0.122. The summed E-state index contributed by atoms with van der Waals surface area (Å²) >= 11 is 12.0. The first-order valence-corrected chi connectivity index (χ1v) is 11.5. The Balaban J connectivity index is 1.79. The van der Waals surface area contributed by atoms with Gasteiger partial charge in [-0.1, -0.05) is 59.6 Å². The van der Waals surface area contributed by atoms with Crippen molar-refractivity contribution in [1.82, 2.24) is 10.0 Å². The largest absolute Gasteiger partial charge is 0.351 e. The number of carbonyl (C=O) groups excluding carboxylic acids is 1. The molecule has 2 N–H and O–H groups in total. The molecule has 0 aliphatic carbocycles. The zero-order chi connectivity index (χ0) is 22.4. The average molecular weight is 481 g/mol. The number of hydrogen-bond acceptors (Lipinski definition) is 3. The molecule has 9 heteroatoms. The van der Waals surface area contributed by atoms with E-state index in [1.807, 2.05) is 6.07 Å². The Morgan fingerprint density at radius 1 is 0.968 bits per heavy atom. The highest BCUT2D eigenvalue weighted by atomic mass is 35.5. The third kappa shape index (κ3) is 6.51. The summed E-state index contributed by atoms with van der Waals surface area (Å²) in [6, 6.07) is 17.2. The highest BCUT2D eigenvalue weighted by Gasteiger charge is 2.26. The number of amides is 1. The fourth-order valence-corrected chi connectivity index (χ4v) is 4.55. The van der Waals surface area contributed by atoms with Gasteiger partial charge in [0.15, 0.2) is 0 Å². The van der Waals surface area contributed by atoms with Crippen LogP contribution in [0.3, 0.4) is 0 Å². The molecule has 1 atom stereocenters. The number of halogens is 3. The normalized spacial score (nSPS) is 12.4. The van der Waals surface area contributed by atoms with Gasteiger partial charge in [0.25, 0.3) is 0 Å². The molecule has 0 heterocycles. The molecule has 0 aromatic heterocycles. The predicted molar refractivity (Wildman–Crippen MR) is 119 cm³/mol. The molecule has 0 bridgehead atoms. The van der Waals surface area contributed by atoms with E-state index in [1.165, 1.54) is 0 Å². The predicted octanol–water partition coefficient (Wildman–Crippen LogP) is 4.34. The van der Waals surface area contributed by atoms with E-state index >= 15 is 0 Å². The summed E-state index contributed by atoms with van der Waals surface area (Å²) in [5.41, 5.74) is 1.41. The van der Waals surface area contributed by atoms with Crippen LogP contribution in [0.2, 0.25) is 10.0 Å². The SMILES string of the molecule is O=C(NCc1ccc(Cl)cc1Cl)[C@@H](Cc1ccccc1)NS(=O)(=O)c1ccc(F)cc1. The molecule has 0 unspecified atom stereocenters. The molecule has 3 aromatic rings. The molecule has 0 aliphatic heterocycles. The van der Waals surface area contributed by atoms with E-state index < -0.39 is 27.8 Å². The van der Waals surface area contributed by atoms with Gasteiger partial charge < -0.3 is 5.32 Å². The van der Waals surface area contributed by atoms with Crippen molar-refractivity contribution < 1.29 is 17.6 Å². The van der Waals surface area contributed by atoms with Gasteiger partial charge >= 0.3 is 0 Å². The van der Waals surface area contributed by atoms with Crippen molar-refractivity contribution in [2.45, 2.75) is 23.9 Å². The minimum Gasteiger partial charge on any atom is -0.351 e. The van der Waals surface area contributed by atoms with Crippen LogP contribution in [0.5, 0.6) is 0 Å². The van der Waals surface area contributed by atoms with E-state index in [2.05, 4.69) is 10.0 Å². The van der Waals surface area contributed by atoms with E-state index in [1.54, 1.807) is 42.5 Å². The molecule has 1 amide bonds. The third-order valence-electron chi connectivity index (χ3n) is 4.49. The topological polar surface area (TPSA) is 75.3 Å². The number of carbonyl (C=O) groups is 1. The fourth-order valence-electron chi connectivity index (χ4n) is 2.88. The van der Waals surface area contributed by atoms with Gasteiger partial charge in [-0.2, -0.15) is 4.72 Å². The van der Waals surface area contributed by atoms with E-state index in [9.17, 15) is 17.6 Å². The lowest BCUT2D eigenvalue weighted by atomic mass is 10.1. The molecule has 3 rings (SSSR count). The van der Waals surface area contributed by atoms with Gasteiger partial charge in [0.2, 0.25) is 15.9 Å². The summed E-state index contributed by atoms with van der Waals surface area (Å²) < 4.78 is 41.1. The van der Waals surface area contributed by atoms with E-state index in [-0.39, 0.29) is 17.9 Å². The van der Waals surface area contributed by atoms with E-state index in [4.69, 9.17) is 23.2 Å². The van der Waals surface area contributed by atoms with Crippen molar-refractivity contribution in [3.05, 3.63) is 99.8 Å². The highest BCUT2D eigenvalue weighted by molar-refractivity contribution is 7.89. The standard InChI is InChI=1S/C22H19Cl2FN2O3S/c23-17-7-6-16(20(24)13-17)14-26-22(28)21(12-15-4-2-1-3-5-15)27-31(29,30)19-10-8-18(25)9-11-19/h1-11,13,21,27H,12,14H2,(H,26,28)/t21-/m1/s1. The zero-order valence-electron chi connectivity index (χ0n) is 16.2. The number of benzene rings is 3. The Kier molecular flexibility index (Phi) is 7.67. The number of rotatable bonds is 8. The van der Waals surface area contributed by atoms with Crippen LogP contribution in [0.1, 0.15) is 11.1 Å². The van der Waals surface area contributed by atoms with Gasteiger partial charge in [0, 0.05) is 16.6 Å². The summed E-state index contributed by atoms with van der Waals surface area (Å²) in [6.07, 6.45) is 0.126. The van der Waals surface area contributed by atoms with Gasteiger partial charge in [-0.3, -0.25) is 4.79 Å². The average Bonchev–Trinajstić information content (AvgIpc) is 2.73. The molecule has 0 saturated heterocycles. The second kappa shape index (κ2) is 10.2. The smallest absolute Gasteiger partial charge is 0.241 e. The van der Waals surface area contributed by atoms with Crippen LogP contribution in [-0.4, -0.2) is 20.4 Å². The van der Waals surface area contributed by atoms with Crippen LogP contribution < -0.4 is 10.0 Å². The molecular formula is C22H19Cl2FN2O3S. The first-order chi connectivity index (χ1) is 14.7. The third-order valence-corrected chi connectivity index (χ3v) is 6.56. The molecule has 5 nitrogen and oxygen atoms in total. The van der Waals surface area contributed by atoms with E-state index in [0.29, 0.717) is 15.6 Å². The first-order valence-electron chi connectivity index (χ1n) is 9.28. The Hall–Kier alpha value is -2.45. The molecule has 3 aromatic carbocycles. The maximum Gasteiger partial charge on any atom is 0.241 e. The lowest BCUT2D eigenvalue weighted by Crippen LogP contribution is -2.47. The highest BCUT2D eigenvalue weighted by Crippen LogP contribution is 2.21. The molecule has 162 valence electrons. The number of hydrogen-bond donors (Lipinski definition) is 2. The zero-order valence-corrected chi connectivity index (χ0v) is 18.5. The Bertz CT molecular complexity index is 1160. The van der Waals surface area contributed by atoms with Crippen molar-refractivity contribution in [2.24, 2.45) is 0 Å². The van der Waals surface area contributed by atoms with Crippen LogP contribution in [0.25, 0.3) is 0 Å². The molecular weight excluding hydrogens is 462 g/mol. The maximum atomic E-state index is 13.2. The van der Waals surface area contributed by atoms with Crippen molar-refractivity contribution in [3.63, 3.8) is 0 Å². The van der Waals surface area contributed by atoms with Crippen LogP contribution in [0.15, 0.2) is 77.7 Å². The minimum atomic E-state index is -4.06. The van der Waals surface area contributed by atoms with Crippen LogP contribution >= 0.6 is 23.2 Å². The van der Waals surface area contributed by atoms with Crippen molar-refractivity contribution >= 4 is 39.1 Å². The quantitative estimate of drug-likeness (QED) is 0.503. The Labute approximate surface area is 190 Å². The van der Waals surface area contributed by atoms with Crippen molar-refractivity contribution in [3.8, 4) is 0 Å². The van der Waals surface area contributed by atoms with Gasteiger partial charge in [0.05, 0.1) is 4.90 Å². The van der Waals surface area contributed by atoms with Crippen molar-refractivity contribution in [1.29, 1.82) is 0 Å². The van der Waals surface area contributed by atoms with E-state index in [0.717, 1.165) is 29.8 Å².